The number of aromatic nitrogens is 2. The normalized spacial score (nSPS) is 11.2. The van der Waals surface area contributed by atoms with Gasteiger partial charge in [0.25, 0.3) is 10.0 Å². The van der Waals surface area contributed by atoms with E-state index in [0.29, 0.717) is 22.9 Å². The third-order valence-electron chi connectivity index (χ3n) is 4.05. The lowest BCUT2D eigenvalue weighted by atomic mass is 10.1. The van der Waals surface area contributed by atoms with Crippen molar-refractivity contribution in [1.29, 1.82) is 0 Å². The lowest BCUT2D eigenvalue weighted by Crippen LogP contribution is -2.27. The van der Waals surface area contributed by atoms with Gasteiger partial charge in [-0.15, -0.1) is 0 Å². The number of esters is 1. The van der Waals surface area contributed by atoms with E-state index < -0.39 is 28.4 Å². The van der Waals surface area contributed by atoms with Crippen molar-refractivity contribution < 1.29 is 32.2 Å². The average Bonchev–Trinajstić information content (AvgIpc) is 3.04. The Morgan fingerprint density at radius 3 is 2.45 bits per heavy atom. The number of nitrogens with zero attached hydrogens (tertiary/aromatic N) is 2. The lowest BCUT2D eigenvalue weighted by Gasteiger charge is -2.09. The molecule has 10 nitrogen and oxygen atoms in total. The maximum atomic E-state index is 12.2. The number of ether oxygens (including phenoxy) is 3. The zero-order valence-electron chi connectivity index (χ0n) is 16.6. The molecule has 1 N–H and O–H groups in total. The van der Waals surface area contributed by atoms with Gasteiger partial charge in [0.1, 0.15) is 5.82 Å². The number of methoxy groups -OCH3 is 2. The molecule has 0 saturated carbocycles. The van der Waals surface area contributed by atoms with Gasteiger partial charge in [-0.25, -0.2) is 18.1 Å². The van der Waals surface area contributed by atoms with Crippen LogP contribution in [0.5, 0.6) is 11.5 Å². The second-order valence-electron chi connectivity index (χ2n) is 6.04. The van der Waals surface area contributed by atoms with E-state index in [-0.39, 0.29) is 18.0 Å². The van der Waals surface area contributed by atoms with Crippen LogP contribution in [0.15, 0.2) is 29.4 Å². The summed E-state index contributed by atoms with van der Waals surface area (Å²) in [5, 5.41) is -0.130. The summed E-state index contributed by atoms with van der Waals surface area (Å²) in [5.41, 5.74) is 0.293. The summed E-state index contributed by atoms with van der Waals surface area (Å²) in [7, 11) is 0.767. The van der Waals surface area contributed by atoms with Gasteiger partial charge < -0.3 is 18.8 Å². The van der Waals surface area contributed by atoms with Gasteiger partial charge in [0, 0.05) is 25.4 Å². The van der Waals surface area contributed by atoms with E-state index in [0.717, 1.165) is 0 Å². The Morgan fingerprint density at radius 1 is 1.17 bits per heavy atom. The number of hydrogen-bond acceptors (Lipinski definition) is 8. The van der Waals surface area contributed by atoms with Gasteiger partial charge in [-0.3, -0.25) is 9.59 Å². The minimum absolute atomic E-state index is 0.130. The Kier molecular flexibility index (Phi) is 7.35. The van der Waals surface area contributed by atoms with Gasteiger partial charge >= 0.3 is 5.97 Å². The highest BCUT2D eigenvalue weighted by Gasteiger charge is 2.19. The highest BCUT2D eigenvalue weighted by Crippen LogP contribution is 2.27. The summed E-state index contributed by atoms with van der Waals surface area (Å²) in [5.74, 6) is 0.251. The summed E-state index contributed by atoms with van der Waals surface area (Å²) in [4.78, 5) is 27.9. The quantitative estimate of drug-likeness (QED) is 0.438. The number of benzene rings is 1. The van der Waals surface area contributed by atoms with Crippen LogP contribution < -0.4 is 14.2 Å². The average molecular weight is 425 g/mol. The number of rotatable bonds is 10. The zero-order valence-corrected chi connectivity index (χ0v) is 17.4. The fourth-order valence-electron chi connectivity index (χ4n) is 2.33. The second-order valence-corrected chi connectivity index (χ2v) is 7.75. The maximum Gasteiger partial charge on any atom is 0.307 e. The summed E-state index contributed by atoms with van der Waals surface area (Å²) < 4.78 is 43.2. The molecule has 2 rings (SSSR count). The monoisotopic (exact) mass is 425 g/mol. The Morgan fingerprint density at radius 2 is 1.86 bits per heavy atom. The van der Waals surface area contributed by atoms with Crippen LogP contribution in [0, 0.1) is 6.92 Å². The molecule has 0 bridgehead atoms. The molecular formula is C18H23N3O7S. The van der Waals surface area contributed by atoms with E-state index in [4.69, 9.17) is 14.2 Å². The molecule has 0 aliphatic heterocycles. The maximum absolute atomic E-state index is 12.2. The van der Waals surface area contributed by atoms with Crippen LogP contribution in [0.3, 0.4) is 0 Å². The van der Waals surface area contributed by atoms with Crippen LogP contribution in [0.25, 0.3) is 0 Å². The van der Waals surface area contributed by atoms with Crippen molar-refractivity contribution in [3.8, 4) is 11.5 Å². The summed E-state index contributed by atoms with van der Waals surface area (Å²) in [6, 6.07) is 4.58. The molecule has 158 valence electrons. The first kappa shape index (κ1) is 22.4. The largest absolute Gasteiger partial charge is 0.493 e. The van der Waals surface area contributed by atoms with Crippen molar-refractivity contribution in [2.75, 3.05) is 27.4 Å². The van der Waals surface area contributed by atoms with Crippen molar-refractivity contribution in [3.63, 3.8) is 0 Å². The van der Waals surface area contributed by atoms with Crippen molar-refractivity contribution in [2.24, 2.45) is 7.05 Å². The minimum Gasteiger partial charge on any atom is -0.493 e. The summed E-state index contributed by atoms with van der Waals surface area (Å²) in [6.07, 6.45) is 1.14. The predicted molar refractivity (Wildman–Crippen MR) is 103 cm³/mol. The van der Waals surface area contributed by atoms with Crippen molar-refractivity contribution in [2.45, 2.75) is 18.4 Å². The number of aryl methyl sites for hydroxylation is 2. The van der Waals surface area contributed by atoms with Gasteiger partial charge in [-0.05, 0) is 25.1 Å². The summed E-state index contributed by atoms with van der Waals surface area (Å²) in [6.45, 7) is 1.02. The Balaban J connectivity index is 1.83. The molecule has 0 atom stereocenters. The molecule has 0 unspecified atom stereocenters. The Bertz CT molecular complexity index is 979. The van der Waals surface area contributed by atoms with Crippen LogP contribution in [0.1, 0.15) is 22.6 Å². The fraction of sp³-hybridized carbons (Fsp3) is 0.389. The number of carbonyl (C=O) groups is 2. The van der Waals surface area contributed by atoms with E-state index in [2.05, 4.69) is 9.71 Å². The molecule has 0 radical (unpaired) electrons. The number of carbonyl (C=O) groups excluding carboxylic acids is 2. The first-order chi connectivity index (χ1) is 13.7. The van der Waals surface area contributed by atoms with E-state index in [1.807, 2.05) is 0 Å². The molecule has 0 spiro atoms. The molecule has 11 heteroatoms. The SMILES string of the molecule is COc1ccc(C(=O)COC(=O)CCNS(=O)(=O)c2cn(C)c(C)n2)cc1OC. The smallest absolute Gasteiger partial charge is 0.307 e. The number of imidazole rings is 1. The van der Waals surface area contributed by atoms with Crippen LogP contribution in [0.4, 0.5) is 0 Å². The van der Waals surface area contributed by atoms with Crippen LogP contribution >= 0.6 is 0 Å². The molecular weight excluding hydrogens is 402 g/mol. The topological polar surface area (TPSA) is 126 Å². The van der Waals surface area contributed by atoms with Crippen LogP contribution in [-0.4, -0.2) is 57.1 Å². The molecule has 29 heavy (non-hydrogen) atoms. The van der Waals surface area contributed by atoms with Crippen molar-refractivity contribution >= 4 is 21.8 Å². The number of nitrogens with one attached hydrogen (secondary N) is 1. The number of Topliss-reactive ketones (excluding diaryl/α,β-unsaturated/α-hetero) is 1. The van der Waals surface area contributed by atoms with Gasteiger partial charge in [0.2, 0.25) is 0 Å². The van der Waals surface area contributed by atoms with E-state index in [1.54, 1.807) is 24.6 Å². The highest BCUT2D eigenvalue weighted by molar-refractivity contribution is 7.89. The van der Waals surface area contributed by atoms with E-state index >= 15 is 0 Å². The third kappa shape index (κ3) is 5.78. The molecule has 1 heterocycles. The molecule has 0 aliphatic carbocycles. The van der Waals surface area contributed by atoms with Gasteiger partial charge in [-0.2, -0.15) is 0 Å². The molecule has 0 fully saturated rings. The first-order valence-corrected chi connectivity index (χ1v) is 10.1. The molecule has 1 aromatic carbocycles. The Hall–Kier alpha value is -2.92. The molecule has 0 amide bonds. The van der Waals surface area contributed by atoms with Gasteiger partial charge in [0.15, 0.2) is 28.9 Å². The molecule has 2 aromatic rings. The Labute approximate surface area is 168 Å². The number of hydrogen-bond donors (Lipinski definition) is 1. The predicted octanol–water partition coefficient (Wildman–Crippen LogP) is 0.840. The minimum atomic E-state index is -3.83. The van der Waals surface area contributed by atoms with Crippen molar-refractivity contribution in [3.05, 3.63) is 35.8 Å². The fourth-order valence-corrected chi connectivity index (χ4v) is 3.40. The molecule has 1 aromatic heterocycles. The zero-order chi connectivity index (χ0) is 21.6. The van der Waals surface area contributed by atoms with Crippen molar-refractivity contribution in [1.82, 2.24) is 14.3 Å². The first-order valence-electron chi connectivity index (χ1n) is 8.58. The molecule has 0 aliphatic rings. The standard InChI is InChI=1S/C18H23N3O7S/c1-12-20-17(10-21(12)2)29(24,25)19-8-7-18(23)28-11-14(22)13-5-6-15(26-3)16(9-13)27-4/h5-6,9-10,19H,7-8,11H2,1-4H3. The lowest BCUT2D eigenvalue weighted by molar-refractivity contribution is -0.142. The third-order valence-corrected chi connectivity index (χ3v) is 5.38. The van der Waals surface area contributed by atoms with E-state index in [1.165, 1.54) is 32.5 Å². The van der Waals surface area contributed by atoms with E-state index in [9.17, 15) is 18.0 Å². The highest BCUT2D eigenvalue weighted by atomic mass is 32.2. The summed E-state index contributed by atoms with van der Waals surface area (Å²) >= 11 is 0. The molecule has 0 saturated heterocycles. The second kappa shape index (κ2) is 9.52. The van der Waals surface area contributed by atoms with Crippen LogP contribution in [-0.2, 0) is 26.6 Å². The number of ketones is 1. The number of sulfonamides is 1. The van der Waals surface area contributed by atoms with Gasteiger partial charge in [-0.1, -0.05) is 0 Å². The van der Waals surface area contributed by atoms with Gasteiger partial charge in [0.05, 0.1) is 20.6 Å². The van der Waals surface area contributed by atoms with Crippen LogP contribution in [0.2, 0.25) is 0 Å².